The molecule has 0 aromatic rings. The predicted molar refractivity (Wildman–Crippen MR) is 108 cm³/mol. The molecule has 26 heavy (non-hydrogen) atoms. The van der Waals surface area contributed by atoms with Gasteiger partial charge in [0.25, 0.3) is 0 Å². The molecule has 0 aliphatic heterocycles. The van der Waals surface area contributed by atoms with Crippen LogP contribution in [0.15, 0.2) is 12.2 Å². The van der Waals surface area contributed by atoms with Gasteiger partial charge in [0.05, 0.1) is 13.2 Å². The van der Waals surface area contributed by atoms with Crippen molar-refractivity contribution >= 4 is 24.4 Å². The fourth-order valence-corrected chi connectivity index (χ4v) is 4.35. The Kier molecular flexibility index (Phi) is 11.9. The minimum atomic E-state index is -0.336. The molecule has 1 aliphatic carbocycles. The van der Waals surface area contributed by atoms with Gasteiger partial charge < -0.3 is 9.84 Å². The Morgan fingerprint density at radius 2 is 1.88 bits per heavy atom. The molecule has 5 heteroatoms. The van der Waals surface area contributed by atoms with Gasteiger partial charge in [-0.25, -0.2) is 0 Å². The molecule has 0 spiro atoms. The maximum absolute atomic E-state index is 12.0. The van der Waals surface area contributed by atoms with Crippen LogP contribution >= 0.6 is 12.6 Å². The second-order valence-electron chi connectivity index (χ2n) is 7.41. The Bertz CT molecular complexity index is 449. The third-order valence-electron chi connectivity index (χ3n) is 5.39. The fraction of sp³-hybridized carbons (Fsp3) is 0.810. The number of ether oxygens (including phenoxy) is 1. The largest absolute Gasteiger partial charge is 0.469 e. The molecule has 1 fully saturated rings. The van der Waals surface area contributed by atoms with Gasteiger partial charge in [-0.2, -0.15) is 12.6 Å². The number of carbonyl (C=O) groups is 2. The van der Waals surface area contributed by atoms with Gasteiger partial charge in [-0.3, -0.25) is 9.59 Å². The highest BCUT2D eigenvalue weighted by Gasteiger charge is 2.39. The molecule has 1 rings (SSSR count). The number of carbonyl (C=O) groups excluding carboxylic acids is 2. The lowest BCUT2D eigenvalue weighted by atomic mass is 9.86. The second-order valence-corrected chi connectivity index (χ2v) is 8.07. The van der Waals surface area contributed by atoms with Crippen LogP contribution in [0.5, 0.6) is 0 Å². The summed E-state index contributed by atoms with van der Waals surface area (Å²) in [5.41, 5.74) is 0. The lowest BCUT2D eigenvalue weighted by Gasteiger charge is -2.22. The van der Waals surface area contributed by atoms with E-state index in [0.29, 0.717) is 37.4 Å². The van der Waals surface area contributed by atoms with Gasteiger partial charge in [-0.05, 0) is 50.4 Å². The number of methoxy groups -OCH3 is 1. The van der Waals surface area contributed by atoms with E-state index in [9.17, 15) is 14.7 Å². The molecule has 3 unspecified atom stereocenters. The number of esters is 1. The van der Waals surface area contributed by atoms with Gasteiger partial charge in [-0.1, -0.05) is 31.9 Å². The average Bonchev–Trinajstić information content (AvgIpc) is 2.89. The molecule has 0 saturated heterocycles. The summed E-state index contributed by atoms with van der Waals surface area (Å²) in [6.07, 6.45) is 12.8. The van der Waals surface area contributed by atoms with Gasteiger partial charge in [0, 0.05) is 24.5 Å². The van der Waals surface area contributed by atoms with Crippen LogP contribution in [0.3, 0.4) is 0 Å². The molecule has 1 saturated carbocycles. The van der Waals surface area contributed by atoms with Gasteiger partial charge >= 0.3 is 5.97 Å². The zero-order valence-corrected chi connectivity index (χ0v) is 17.3. The molecular formula is C21H36O4S. The second kappa shape index (κ2) is 13.4. The zero-order chi connectivity index (χ0) is 19.4. The minimum absolute atomic E-state index is 0.172. The summed E-state index contributed by atoms with van der Waals surface area (Å²) in [5.74, 6) is 0.643. The molecule has 0 radical (unpaired) electrons. The van der Waals surface area contributed by atoms with E-state index in [1.807, 2.05) is 0 Å². The third-order valence-corrected chi connectivity index (χ3v) is 5.99. The number of rotatable bonds is 13. The molecule has 150 valence electrons. The number of hydrogen-bond donors (Lipinski definition) is 2. The molecule has 4 atom stereocenters. The number of hydrogen-bond acceptors (Lipinski definition) is 5. The predicted octanol–water partition coefficient (Wildman–Crippen LogP) is 4.50. The van der Waals surface area contributed by atoms with E-state index in [4.69, 9.17) is 0 Å². The van der Waals surface area contributed by atoms with Crippen molar-refractivity contribution in [1.29, 1.82) is 0 Å². The summed E-state index contributed by atoms with van der Waals surface area (Å²) in [7, 11) is 1.40. The van der Waals surface area contributed by atoms with E-state index >= 15 is 0 Å². The Morgan fingerprint density at radius 3 is 2.58 bits per heavy atom. The molecule has 0 amide bonds. The van der Waals surface area contributed by atoms with Crippen LogP contribution < -0.4 is 0 Å². The van der Waals surface area contributed by atoms with E-state index in [2.05, 4.69) is 36.4 Å². The van der Waals surface area contributed by atoms with E-state index in [1.165, 1.54) is 7.11 Å². The Hall–Kier alpha value is -0.810. The Balaban J connectivity index is 2.36. The van der Waals surface area contributed by atoms with Crippen molar-refractivity contribution in [3.8, 4) is 0 Å². The molecule has 1 N–H and O–H groups in total. The topological polar surface area (TPSA) is 63.6 Å². The average molecular weight is 385 g/mol. The van der Waals surface area contributed by atoms with Gasteiger partial charge in [0.2, 0.25) is 0 Å². The maximum Gasteiger partial charge on any atom is 0.305 e. The van der Waals surface area contributed by atoms with Crippen LogP contribution in [0.2, 0.25) is 0 Å². The van der Waals surface area contributed by atoms with Crippen LogP contribution in [0.25, 0.3) is 0 Å². The summed E-state index contributed by atoms with van der Waals surface area (Å²) in [6, 6.07) is 0. The summed E-state index contributed by atoms with van der Waals surface area (Å²) in [6.45, 7) is 2.14. The quantitative estimate of drug-likeness (QED) is 0.212. The van der Waals surface area contributed by atoms with Crippen molar-refractivity contribution in [1.82, 2.24) is 0 Å². The lowest BCUT2D eigenvalue weighted by Crippen LogP contribution is -2.21. The van der Waals surface area contributed by atoms with Crippen molar-refractivity contribution < 1.29 is 19.4 Å². The first-order chi connectivity index (χ1) is 12.5. The van der Waals surface area contributed by atoms with E-state index in [0.717, 1.165) is 44.9 Å². The first-order valence-corrected chi connectivity index (χ1v) is 10.6. The number of Topliss-reactive ketones (excluding diaryl/α,β-unsaturated/α-hetero) is 1. The number of aliphatic hydroxyl groups is 1. The minimum Gasteiger partial charge on any atom is -0.469 e. The number of aliphatic hydroxyl groups excluding tert-OH is 1. The van der Waals surface area contributed by atoms with E-state index in [1.54, 1.807) is 0 Å². The molecule has 0 heterocycles. The van der Waals surface area contributed by atoms with Crippen molar-refractivity contribution in [2.24, 2.45) is 11.8 Å². The SMILES string of the molecule is CCCCCC(=O)CC[C@H]1C(S)CC(O)C1C/C=C\CCCC(=O)OC. The summed E-state index contributed by atoms with van der Waals surface area (Å²) in [4.78, 5) is 23.1. The van der Waals surface area contributed by atoms with Crippen LogP contribution in [-0.4, -0.2) is 35.3 Å². The highest BCUT2D eigenvalue weighted by molar-refractivity contribution is 7.81. The lowest BCUT2D eigenvalue weighted by molar-refractivity contribution is -0.140. The van der Waals surface area contributed by atoms with Crippen molar-refractivity contribution in [2.75, 3.05) is 7.11 Å². The van der Waals surface area contributed by atoms with Crippen molar-refractivity contribution in [3.63, 3.8) is 0 Å². The molecule has 0 aromatic carbocycles. The molecule has 0 bridgehead atoms. The van der Waals surface area contributed by atoms with Crippen LogP contribution in [0.1, 0.15) is 77.6 Å². The van der Waals surface area contributed by atoms with Crippen molar-refractivity contribution in [2.45, 2.75) is 88.9 Å². The Labute approximate surface area is 164 Å². The number of thiol groups is 1. The first-order valence-electron chi connectivity index (χ1n) is 10.1. The van der Waals surface area contributed by atoms with Gasteiger partial charge in [0.15, 0.2) is 0 Å². The van der Waals surface area contributed by atoms with Crippen LogP contribution in [0, 0.1) is 11.8 Å². The molecule has 1 aliphatic rings. The van der Waals surface area contributed by atoms with Crippen LogP contribution in [0.4, 0.5) is 0 Å². The maximum atomic E-state index is 12.0. The molecule has 0 aromatic heterocycles. The summed E-state index contributed by atoms with van der Waals surface area (Å²) < 4.78 is 4.62. The summed E-state index contributed by atoms with van der Waals surface area (Å²) in [5, 5.41) is 10.5. The molecule has 4 nitrogen and oxygen atoms in total. The normalized spacial score (nSPS) is 25.7. The standard InChI is InChI=1S/C21H36O4S/c1-3-4-7-10-16(22)13-14-18-17(19(23)15-20(18)26)11-8-5-6-9-12-21(24)25-2/h5,8,17-20,23,26H,3-4,6-7,9-15H2,1-2H3/b8-5-/t17?,18-,19?,20?/m1/s1. The monoisotopic (exact) mass is 384 g/mol. The van der Waals surface area contributed by atoms with Gasteiger partial charge in [0.1, 0.15) is 5.78 Å². The van der Waals surface area contributed by atoms with Crippen molar-refractivity contribution in [3.05, 3.63) is 12.2 Å². The molecular weight excluding hydrogens is 348 g/mol. The highest BCUT2D eigenvalue weighted by Crippen LogP contribution is 2.41. The summed E-state index contributed by atoms with van der Waals surface area (Å²) >= 11 is 4.66. The number of unbranched alkanes of at least 4 members (excludes halogenated alkanes) is 3. The first kappa shape index (κ1) is 23.2. The van der Waals surface area contributed by atoms with Crippen LogP contribution in [-0.2, 0) is 14.3 Å². The van der Waals surface area contributed by atoms with E-state index in [-0.39, 0.29) is 23.2 Å². The Morgan fingerprint density at radius 1 is 1.12 bits per heavy atom. The number of ketones is 1. The highest BCUT2D eigenvalue weighted by atomic mass is 32.1. The van der Waals surface area contributed by atoms with E-state index < -0.39 is 0 Å². The zero-order valence-electron chi connectivity index (χ0n) is 16.4. The smallest absolute Gasteiger partial charge is 0.305 e. The fourth-order valence-electron chi connectivity index (χ4n) is 3.77. The third kappa shape index (κ3) is 8.72. The van der Waals surface area contributed by atoms with Gasteiger partial charge in [-0.15, -0.1) is 0 Å². The number of allylic oxidation sites excluding steroid dienone is 2.